The molecule has 29 heavy (non-hydrogen) atoms. The molecule has 0 atom stereocenters. The molecule has 1 saturated heterocycles. The summed E-state index contributed by atoms with van der Waals surface area (Å²) in [7, 11) is 0. The summed E-state index contributed by atoms with van der Waals surface area (Å²) in [6, 6.07) is 18.9. The van der Waals surface area contributed by atoms with Crippen LogP contribution in [-0.2, 0) is 9.59 Å². The Bertz CT molecular complexity index is 1160. The van der Waals surface area contributed by atoms with Gasteiger partial charge >= 0.3 is 0 Å². The molecule has 2 heterocycles. The number of aromatic nitrogens is 1. The first kappa shape index (κ1) is 19.3. The third-order valence-electron chi connectivity index (χ3n) is 4.55. The zero-order valence-corrected chi connectivity index (χ0v) is 17.8. The Morgan fingerprint density at radius 2 is 1.76 bits per heavy atom. The fourth-order valence-corrected chi connectivity index (χ4v) is 3.77. The Morgan fingerprint density at radius 3 is 2.48 bits per heavy atom. The maximum absolute atomic E-state index is 13.2. The molecule has 0 saturated carbocycles. The third-order valence-corrected chi connectivity index (χ3v) is 5.33. The van der Waals surface area contributed by atoms with E-state index in [1.165, 1.54) is 4.90 Å². The van der Waals surface area contributed by atoms with Crippen LogP contribution in [0.5, 0.6) is 0 Å². The zero-order chi connectivity index (χ0) is 20.5. The molecule has 2 aromatic carbocycles. The van der Waals surface area contributed by atoms with Crippen LogP contribution in [0, 0.1) is 6.92 Å². The number of nitrogens with one attached hydrogen (secondary N) is 1. The quantitative estimate of drug-likeness (QED) is 0.354. The van der Waals surface area contributed by atoms with E-state index >= 15 is 0 Å². The number of carbonyl (C=O) groups is 2. The molecule has 0 radical (unpaired) electrons. The van der Waals surface area contributed by atoms with Crippen LogP contribution in [0.25, 0.3) is 11.8 Å². The van der Waals surface area contributed by atoms with Gasteiger partial charge in [0.25, 0.3) is 11.8 Å². The van der Waals surface area contributed by atoms with Gasteiger partial charge in [-0.2, -0.15) is 0 Å². The van der Waals surface area contributed by atoms with Crippen LogP contribution in [-0.4, -0.2) is 21.5 Å². The summed E-state index contributed by atoms with van der Waals surface area (Å²) in [6.07, 6.45) is 3.46. The molecule has 0 aliphatic carbocycles. The molecule has 0 spiro atoms. The molecule has 2 amide bonds. The van der Waals surface area contributed by atoms with Gasteiger partial charge in [0.15, 0.2) is 5.11 Å². The van der Waals surface area contributed by atoms with E-state index in [9.17, 15) is 9.59 Å². The minimum absolute atomic E-state index is 0.0223. The smallest absolute Gasteiger partial charge is 0.270 e. The van der Waals surface area contributed by atoms with Gasteiger partial charge in [-0.05, 0) is 67.7 Å². The zero-order valence-electron chi connectivity index (χ0n) is 15.4. The van der Waals surface area contributed by atoms with Crippen LogP contribution >= 0.6 is 28.1 Å². The number of nitrogens with zero attached hydrogens (tertiary/aromatic N) is 2. The van der Waals surface area contributed by atoms with Crippen molar-refractivity contribution in [1.29, 1.82) is 0 Å². The normalized spacial score (nSPS) is 15.7. The summed E-state index contributed by atoms with van der Waals surface area (Å²) in [6.45, 7) is 1.96. The van der Waals surface area contributed by atoms with Crippen LogP contribution in [0.2, 0.25) is 0 Å². The van der Waals surface area contributed by atoms with Gasteiger partial charge in [0.1, 0.15) is 5.57 Å². The van der Waals surface area contributed by atoms with E-state index in [4.69, 9.17) is 12.2 Å². The Morgan fingerprint density at radius 1 is 1.00 bits per heavy atom. The Kier molecular flexibility index (Phi) is 5.17. The Hall–Kier alpha value is -3.03. The second-order valence-electron chi connectivity index (χ2n) is 6.58. The molecule has 5 nitrogen and oxygen atoms in total. The number of carbonyl (C=O) groups excluding carboxylic acids is 2. The van der Waals surface area contributed by atoms with E-state index in [1.807, 2.05) is 66.2 Å². The molecule has 3 aromatic rings. The summed E-state index contributed by atoms with van der Waals surface area (Å²) >= 11 is 8.72. The lowest BCUT2D eigenvalue weighted by Crippen LogP contribution is -2.54. The SMILES string of the molecule is Cc1ccc(N2C(=O)/C(=C/c3cccn3-c3cccc(Br)c3)C(=O)NC2=S)cc1. The molecule has 144 valence electrons. The van der Waals surface area contributed by atoms with Gasteiger partial charge in [0.2, 0.25) is 0 Å². The highest BCUT2D eigenvalue weighted by molar-refractivity contribution is 9.10. The molecule has 0 bridgehead atoms. The number of halogens is 1. The molecule has 0 unspecified atom stereocenters. The van der Waals surface area contributed by atoms with Gasteiger partial charge < -0.3 is 4.57 Å². The maximum Gasteiger partial charge on any atom is 0.270 e. The van der Waals surface area contributed by atoms with Gasteiger partial charge in [-0.1, -0.05) is 39.7 Å². The van der Waals surface area contributed by atoms with Crippen LogP contribution < -0.4 is 10.2 Å². The Balaban J connectivity index is 1.75. The van der Waals surface area contributed by atoms with Crippen LogP contribution in [0.4, 0.5) is 5.69 Å². The van der Waals surface area contributed by atoms with Crippen molar-refractivity contribution in [1.82, 2.24) is 9.88 Å². The van der Waals surface area contributed by atoms with Crippen molar-refractivity contribution in [3.8, 4) is 5.69 Å². The first-order chi connectivity index (χ1) is 13.9. The minimum atomic E-state index is -0.509. The Labute approximate surface area is 181 Å². The number of thiocarbonyl (C=S) groups is 1. The maximum atomic E-state index is 13.2. The molecular formula is C22H16BrN3O2S. The largest absolute Gasteiger partial charge is 0.317 e. The lowest BCUT2D eigenvalue weighted by Gasteiger charge is -2.29. The number of hydrogen-bond acceptors (Lipinski definition) is 3. The third kappa shape index (κ3) is 3.79. The van der Waals surface area contributed by atoms with E-state index in [-0.39, 0.29) is 10.7 Å². The number of hydrogen-bond donors (Lipinski definition) is 1. The van der Waals surface area contributed by atoms with Crippen molar-refractivity contribution in [3.63, 3.8) is 0 Å². The molecule has 7 heteroatoms. The van der Waals surface area contributed by atoms with Crippen LogP contribution in [0.1, 0.15) is 11.3 Å². The summed E-state index contributed by atoms with van der Waals surface area (Å²) in [5.41, 5.74) is 3.31. The first-order valence-electron chi connectivity index (χ1n) is 8.85. The fraction of sp³-hybridized carbons (Fsp3) is 0.0455. The minimum Gasteiger partial charge on any atom is -0.317 e. The van der Waals surface area contributed by atoms with Crippen molar-refractivity contribution in [2.75, 3.05) is 4.90 Å². The van der Waals surface area contributed by atoms with Gasteiger partial charge in [-0.25, -0.2) is 0 Å². The molecule has 1 N–H and O–H groups in total. The van der Waals surface area contributed by atoms with Crippen molar-refractivity contribution in [2.45, 2.75) is 6.92 Å². The van der Waals surface area contributed by atoms with Crippen LogP contribution in [0.15, 0.2) is 76.9 Å². The molecule has 1 fully saturated rings. The van der Waals surface area contributed by atoms with Crippen molar-refractivity contribution in [3.05, 3.63) is 88.2 Å². The lowest BCUT2D eigenvalue weighted by atomic mass is 10.1. The predicted molar refractivity (Wildman–Crippen MR) is 121 cm³/mol. The fourth-order valence-electron chi connectivity index (χ4n) is 3.11. The van der Waals surface area contributed by atoms with E-state index in [1.54, 1.807) is 18.2 Å². The van der Waals surface area contributed by atoms with E-state index < -0.39 is 11.8 Å². The second kappa shape index (κ2) is 7.77. The monoisotopic (exact) mass is 465 g/mol. The van der Waals surface area contributed by atoms with Gasteiger partial charge in [-0.3, -0.25) is 19.8 Å². The lowest BCUT2D eigenvalue weighted by molar-refractivity contribution is -0.122. The predicted octanol–water partition coefficient (Wildman–Crippen LogP) is 4.38. The highest BCUT2D eigenvalue weighted by Crippen LogP contribution is 2.24. The standard InChI is InChI=1S/C22H16BrN3O2S/c1-14-7-9-16(10-8-14)26-21(28)19(20(27)24-22(26)29)13-18-6-3-11-25(18)17-5-2-4-15(23)12-17/h2-13H,1H3,(H,24,27,29)/b19-13+. The summed E-state index contributed by atoms with van der Waals surface area (Å²) in [5.74, 6) is -0.963. The van der Waals surface area contributed by atoms with Crippen LogP contribution in [0.3, 0.4) is 0 Å². The molecular weight excluding hydrogens is 450 g/mol. The average Bonchev–Trinajstić information content (AvgIpc) is 3.15. The van der Waals surface area contributed by atoms with E-state index in [0.29, 0.717) is 11.4 Å². The topological polar surface area (TPSA) is 54.3 Å². The second-order valence-corrected chi connectivity index (χ2v) is 7.88. The van der Waals surface area contributed by atoms with E-state index in [2.05, 4.69) is 21.2 Å². The molecule has 1 aliphatic rings. The van der Waals surface area contributed by atoms with Gasteiger partial charge in [0, 0.05) is 22.1 Å². The highest BCUT2D eigenvalue weighted by Gasteiger charge is 2.34. The summed E-state index contributed by atoms with van der Waals surface area (Å²) in [4.78, 5) is 27.0. The number of benzene rings is 2. The van der Waals surface area contributed by atoms with Gasteiger partial charge in [-0.15, -0.1) is 0 Å². The summed E-state index contributed by atoms with van der Waals surface area (Å²) < 4.78 is 2.84. The number of aryl methyl sites for hydroxylation is 1. The highest BCUT2D eigenvalue weighted by atomic mass is 79.9. The number of anilines is 1. The average molecular weight is 466 g/mol. The molecule has 1 aromatic heterocycles. The number of rotatable bonds is 3. The van der Waals surface area contributed by atoms with Crippen molar-refractivity contribution < 1.29 is 9.59 Å². The molecule has 1 aliphatic heterocycles. The summed E-state index contributed by atoms with van der Waals surface area (Å²) in [5, 5.41) is 2.69. The van der Waals surface area contributed by atoms with Crippen molar-refractivity contribution in [2.24, 2.45) is 0 Å². The van der Waals surface area contributed by atoms with Crippen molar-refractivity contribution >= 4 is 56.8 Å². The first-order valence-corrected chi connectivity index (χ1v) is 10.1. The molecule has 4 rings (SSSR count). The van der Waals surface area contributed by atoms with Gasteiger partial charge in [0.05, 0.1) is 5.69 Å². The van der Waals surface area contributed by atoms with E-state index in [0.717, 1.165) is 15.7 Å². The number of amides is 2.